The van der Waals surface area contributed by atoms with Gasteiger partial charge in [-0.2, -0.15) is 0 Å². The lowest BCUT2D eigenvalue weighted by Gasteiger charge is -2.10. The Labute approximate surface area is 115 Å². The van der Waals surface area contributed by atoms with Crippen LogP contribution in [0.4, 0.5) is 15.8 Å². The van der Waals surface area contributed by atoms with Gasteiger partial charge in [0.2, 0.25) is 0 Å². The van der Waals surface area contributed by atoms with E-state index in [0.29, 0.717) is 0 Å². The van der Waals surface area contributed by atoms with Gasteiger partial charge in [0.05, 0.1) is 16.3 Å². The molecule has 0 spiro atoms. The maximum Gasteiger partial charge on any atom is 0.262 e. The number of rotatable bonds is 3. The van der Waals surface area contributed by atoms with Crippen LogP contribution in [0.1, 0.15) is 0 Å². The number of nitrogen functional groups attached to an aromatic ring is 1. The van der Waals surface area contributed by atoms with Crippen LogP contribution in [0.25, 0.3) is 0 Å². The molecule has 19 heavy (non-hydrogen) atoms. The monoisotopic (exact) mass is 300 g/mol. The number of nitrogens with two attached hydrogens (primary N) is 1. The molecular weight excluding hydrogens is 291 g/mol. The van der Waals surface area contributed by atoms with Gasteiger partial charge >= 0.3 is 0 Å². The number of nitrogens with one attached hydrogen (secondary N) is 1. The van der Waals surface area contributed by atoms with E-state index in [1.165, 1.54) is 24.3 Å². The first kappa shape index (κ1) is 13.6. The highest BCUT2D eigenvalue weighted by molar-refractivity contribution is 7.92. The molecule has 100 valence electrons. The molecule has 0 aliphatic rings. The molecule has 0 unspecified atom stereocenters. The van der Waals surface area contributed by atoms with Gasteiger partial charge in [-0.3, -0.25) is 4.72 Å². The molecule has 3 N–H and O–H groups in total. The van der Waals surface area contributed by atoms with E-state index < -0.39 is 15.8 Å². The molecule has 0 radical (unpaired) electrons. The van der Waals surface area contributed by atoms with Gasteiger partial charge in [-0.05, 0) is 30.3 Å². The molecule has 0 aliphatic carbocycles. The first-order valence-electron chi connectivity index (χ1n) is 5.22. The van der Waals surface area contributed by atoms with E-state index in [9.17, 15) is 12.8 Å². The van der Waals surface area contributed by atoms with E-state index in [2.05, 4.69) is 4.72 Å². The van der Waals surface area contributed by atoms with Crippen LogP contribution in [0.5, 0.6) is 0 Å². The summed E-state index contributed by atoms with van der Waals surface area (Å²) in [5.41, 5.74) is 5.70. The van der Waals surface area contributed by atoms with Crippen molar-refractivity contribution in [2.75, 3.05) is 10.5 Å². The molecule has 0 fully saturated rings. The fourth-order valence-corrected chi connectivity index (χ4v) is 2.83. The zero-order chi connectivity index (χ0) is 14.0. The Morgan fingerprint density at radius 2 is 1.89 bits per heavy atom. The van der Waals surface area contributed by atoms with Crippen LogP contribution in [-0.2, 0) is 10.0 Å². The van der Waals surface area contributed by atoms with E-state index in [1.54, 1.807) is 6.07 Å². The van der Waals surface area contributed by atoms with Crippen molar-refractivity contribution in [3.63, 3.8) is 0 Å². The Morgan fingerprint density at radius 1 is 1.16 bits per heavy atom. The minimum atomic E-state index is -3.86. The van der Waals surface area contributed by atoms with Gasteiger partial charge in [0, 0.05) is 11.1 Å². The van der Waals surface area contributed by atoms with Gasteiger partial charge in [-0.15, -0.1) is 0 Å². The second-order valence-electron chi connectivity index (χ2n) is 3.79. The molecule has 2 aromatic rings. The Kier molecular flexibility index (Phi) is 3.64. The number of halogens is 2. The second-order valence-corrected chi connectivity index (χ2v) is 5.91. The molecule has 0 aliphatic heterocycles. The van der Waals surface area contributed by atoms with Crippen LogP contribution in [0.2, 0.25) is 5.02 Å². The first-order valence-corrected chi connectivity index (χ1v) is 7.08. The van der Waals surface area contributed by atoms with Crippen molar-refractivity contribution in [1.29, 1.82) is 0 Å². The van der Waals surface area contributed by atoms with Crippen molar-refractivity contribution in [2.45, 2.75) is 4.90 Å². The highest BCUT2D eigenvalue weighted by Crippen LogP contribution is 2.24. The molecule has 0 heterocycles. The molecule has 4 nitrogen and oxygen atoms in total. The van der Waals surface area contributed by atoms with Gasteiger partial charge in [-0.1, -0.05) is 17.7 Å². The Hall–Kier alpha value is -1.79. The van der Waals surface area contributed by atoms with Gasteiger partial charge in [0.25, 0.3) is 10.0 Å². The number of anilines is 2. The normalized spacial score (nSPS) is 11.3. The average molecular weight is 301 g/mol. The lowest BCUT2D eigenvalue weighted by atomic mass is 10.3. The molecule has 0 saturated heterocycles. The van der Waals surface area contributed by atoms with Gasteiger partial charge in [0.1, 0.15) is 5.82 Å². The molecule has 0 amide bonds. The van der Waals surface area contributed by atoms with E-state index in [-0.39, 0.29) is 21.3 Å². The lowest BCUT2D eigenvalue weighted by Crippen LogP contribution is -2.14. The standard InChI is InChI=1S/C12H10ClFN2O2S/c13-8-2-1-3-10(6-8)19(17,18)16-12-7-9(14)4-5-11(12)15/h1-7,16H,15H2. The molecule has 0 atom stereocenters. The minimum absolute atomic E-state index is 0.0139. The van der Waals surface area contributed by atoms with Crippen molar-refractivity contribution in [3.05, 3.63) is 53.3 Å². The molecule has 0 saturated carbocycles. The first-order chi connectivity index (χ1) is 8.88. The summed E-state index contributed by atoms with van der Waals surface area (Å²) in [5.74, 6) is -0.585. The predicted molar refractivity (Wildman–Crippen MR) is 73.1 cm³/mol. The highest BCUT2D eigenvalue weighted by Gasteiger charge is 2.16. The number of benzene rings is 2. The maximum absolute atomic E-state index is 13.1. The summed E-state index contributed by atoms with van der Waals surface area (Å²) < 4.78 is 39.4. The van der Waals surface area contributed by atoms with Crippen LogP contribution in [0.15, 0.2) is 47.4 Å². The molecule has 7 heteroatoms. The predicted octanol–water partition coefficient (Wildman–Crippen LogP) is 2.86. The summed E-state index contributed by atoms with van der Waals surface area (Å²) in [7, 11) is -3.86. The molecular formula is C12H10ClFN2O2S. The van der Waals surface area contributed by atoms with Gasteiger partial charge in [0.15, 0.2) is 0 Å². The lowest BCUT2D eigenvalue weighted by molar-refractivity contribution is 0.601. The average Bonchev–Trinajstić information content (AvgIpc) is 2.33. The fraction of sp³-hybridized carbons (Fsp3) is 0. The van der Waals surface area contributed by atoms with Crippen LogP contribution in [-0.4, -0.2) is 8.42 Å². The summed E-state index contributed by atoms with van der Waals surface area (Å²) >= 11 is 5.73. The zero-order valence-electron chi connectivity index (χ0n) is 9.60. The number of hydrogen-bond acceptors (Lipinski definition) is 3. The summed E-state index contributed by atoms with van der Waals surface area (Å²) in [6, 6.07) is 9.17. The largest absolute Gasteiger partial charge is 0.397 e. The van der Waals surface area contributed by atoms with Gasteiger partial charge < -0.3 is 5.73 Å². The van der Waals surface area contributed by atoms with Crippen molar-refractivity contribution < 1.29 is 12.8 Å². The molecule has 0 bridgehead atoms. The van der Waals surface area contributed by atoms with Crippen molar-refractivity contribution in [3.8, 4) is 0 Å². The summed E-state index contributed by atoms with van der Waals surface area (Å²) in [6.45, 7) is 0. The highest BCUT2D eigenvalue weighted by atomic mass is 35.5. The Balaban J connectivity index is 2.39. The summed E-state index contributed by atoms with van der Waals surface area (Å²) in [4.78, 5) is -0.0244. The third-order valence-corrected chi connectivity index (χ3v) is 3.96. The van der Waals surface area contributed by atoms with Crippen LogP contribution in [0.3, 0.4) is 0 Å². The molecule has 2 rings (SSSR count). The van der Waals surface area contributed by atoms with E-state index in [0.717, 1.165) is 12.1 Å². The SMILES string of the molecule is Nc1ccc(F)cc1NS(=O)(=O)c1cccc(Cl)c1. The summed E-state index contributed by atoms with van der Waals surface area (Å²) in [6.07, 6.45) is 0. The Morgan fingerprint density at radius 3 is 2.58 bits per heavy atom. The second kappa shape index (κ2) is 5.07. The maximum atomic E-state index is 13.1. The molecule has 2 aromatic carbocycles. The zero-order valence-corrected chi connectivity index (χ0v) is 11.2. The van der Waals surface area contributed by atoms with E-state index >= 15 is 0 Å². The van der Waals surface area contributed by atoms with Crippen molar-refractivity contribution in [2.24, 2.45) is 0 Å². The van der Waals surface area contributed by atoms with Crippen LogP contribution >= 0.6 is 11.6 Å². The topological polar surface area (TPSA) is 72.2 Å². The van der Waals surface area contributed by atoms with Crippen LogP contribution in [0, 0.1) is 5.82 Å². The minimum Gasteiger partial charge on any atom is -0.397 e. The smallest absolute Gasteiger partial charge is 0.262 e. The number of sulfonamides is 1. The van der Waals surface area contributed by atoms with Crippen LogP contribution < -0.4 is 10.5 Å². The third-order valence-electron chi connectivity index (χ3n) is 2.37. The van der Waals surface area contributed by atoms with Crippen molar-refractivity contribution >= 4 is 33.0 Å². The molecule has 0 aromatic heterocycles. The van der Waals surface area contributed by atoms with Gasteiger partial charge in [-0.25, -0.2) is 12.8 Å². The van der Waals surface area contributed by atoms with E-state index in [1.807, 2.05) is 0 Å². The summed E-state index contributed by atoms with van der Waals surface area (Å²) in [5, 5.41) is 0.287. The van der Waals surface area contributed by atoms with E-state index in [4.69, 9.17) is 17.3 Å². The quantitative estimate of drug-likeness (QED) is 0.856. The third kappa shape index (κ3) is 3.15. The number of hydrogen-bond donors (Lipinski definition) is 2. The van der Waals surface area contributed by atoms with Crippen molar-refractivity contribution in [1.82, 2.24) is 0 Å². The fourth-order valence-electron chi connectivity index (χ4n) is 1.45. The Bertz CT molecular complexity index is 719.